The summed E-state index contributed by atoms with van der Waals surface area (Å²) in [5, 5.41) is 5.93. The quantitative estimate of drug-likeness (QED) is 0.823. The molecule has 1 heterocycles. The highest BCUT2D eigenvalue weighted by Crippen LogP contribution is 2.29. The van der Waals surface area contributed by atoms with Crippen LogP contribution in [0.5, 0.6) is 0 Å². The largest absolute Gasteiger partial charge is 0.471 e. The highest BCUT2D eigenvalue weighted by Gasteiger charge is 2.38. The average Bonchev–Trinajstić information content (AvgIpc) is 3.03. The summed E-state index contributed by atoms with van der Waals surface area (Å²) in [7, 11) is 0. The maximum Gasteiger partial charge on any atom is 0.471 e. The molecule has 1 atom stereocenters. The number of anilines is 1. The summed E-state index contributed by atoms with van der Waals surface area (Å²) in [6.45, 7) is 0. The Bertz CT molecular complexity index is 688. The van der Waals surface area contributed by atoms with Crippen LogP contribution >= 0.6 is 11.8 Å². The van der Waals surface area contributed by atoms with Gasteiger partial charge in [-0.3, -0.25) is 4.79 Å². The topological polar surface area (TPSA) is 94.0 Å². The third-order valence-corrected chi connectivity index (χ3v) is 3.69. The molecular weight excluding hydrogens is 345 g/mol. The molecule has 0 radical (unpaired) electrons. The molecule has 0 bridgehead atoms. The fourth-order valence-corrected chi connectivity index (χ4v) is 2.26. The molecule has 2 aromatic rings. The fraction of sp³-hybridized carbons (Fsp3) is 0.357. The van der Waals surface area contributed by atoms with Gasteiger partial charge in [0.1, 0.15) is 0 Å². The second kappa shape index (κ2) is 7.67. The first-order chi connectivity index (χ1) is 11.3. The standard InChI is InChI=1S/C14H15F3N4O2S/c1-24-7-6-10(18)12(22)19-9-4-2-8(3-5-9)11-20-13(23-21-11)14(15,16)17/h2-5,10H,6-7,18H2,1H3,(H,19,22)/t10-/m0/s1. The second-order valence-electron chi connectivity index (χ2n) is 4.88. The lowest BCUT2D eigenvalue weighted by atomic mass is 10.2. The molecule has 24 heavy (non-hydrogen) atoms. The van der Waals surface area contributed by atoms with E-state index in [1.165, 1.54) is 24.3 Å². The Morgan fingerprint density at radius 3 is 2.58 bits per heavy atom. The second-order valence-corrected chi connectivity index (χ2v) is 5.86. The van der Waals surface area contributed by atoms with Gasteiger partial charge in [0.15, 0.2) is 0 Å². The average molecular weight is 360 g/mol. The van der Waals surface area contributed by atoms with E-state index >= 15 is 0 Å². The van der Waals surface area contributed by atoms with E-state index in [2.05, 4.69) is 20.0 Å². The monoisotopic (exact) mass is 360 g/mol. The number of aromatic nitrogens is 2. The highest BCUT2D eigenvalue weighted by molar-refractivity contribution is 7.98. The minimum atomic E-state index is -4.69. The van der Waals surface area contributed by atoms with Crippen LogP contribution < -0.4 is 11.1 Å². The number of alkyl halides is 3. The fourth-order valence-electron chi connectivity index (χ4n) is 1.77. The van der Waals surface area contributed by atoms with Gasteiger partial charge in [0.05, 0.1) is 6.04 Å². The zero-order chi connectivity index (χ0) is 17.7. The van der Waals surface area contributed by atoms with E-state index in [9.17, 15) is 18.0 Å². The Balaban J connectivity index is 2.03. The number of hydrogen-bond donors (Lipinski definition) is 2. The van der Waals surface area contributed by atoms with E-state index in [4.69, 9.17) is 5.73 Å². The minimum absolute atomic E-state index is 0.183. The van der Waals surface area contributed by atoms with Crippen molar-refractivity contribution in [3.8, 4) is 11.4 Å². The molecule has 1 aromatic carbocycles. The third kappa shape index (κ3) is 4.71. The van der Waals surface area contributed by atoms with Crippen molar-refractivity contribution in [2.45, 2.75) is 18.6 Å². The van der Waals surface area contributed by atoms with Gasteiger partial charge in [0, 0.05) is 11.3 Å². The molecular formula is C14H15F3N4O2S. The predicted molar refractivity (Wildman–Crippen MR) is 84.3 cm³/mol. The minimum Gasteiger partial charge on any atom is -0.329 e. The van der Waals surface area contributed by atoms with Gasteiger partial charge in [0.25, 0.3) is 0 Å². The number of halogens is 3. The van der Waals surface area contributed by atoms with E-state index in [0.29, 0.717) is 17.7 Å². The zero-order valence-corrected chi connectivity index (χ0v) is 13.4. The number of hydrogen-bond acceptors (Lipinski definition) is 6. The van der Waals surface area contributed by atoms with Crippen molar-refractivity contribution in [2.75, 3.05) is 17.3 Å². The van der Waals surface area contributed by atoms with Crippen molar-refractivity contribution >= 4 is 23.4 Å². The predicted octanol–water partition coefficient (Wildman–Crippen LogP) is 2.77. The van der Waals surface area contributed by atoms with Gasteiger partial charge in [0.2, 0.25) is 11.7 Å². The molecule has 0 fully saturated rings. The van der Waals surface area contributed by atoms with Crippen LogP contribution in [-0.4, -0.2) is 34.1 Å². The van der Waals surface area contributed by atoms with Crippen molar-refractivity contribution in [1.82, 2.24) is 10.1 Å². The molecule has 0 aliphatic heterocycles. The molecule has 10 heteroatoms. The molecule has 0 aliphatic rings. The van der Waals surface area contributed by atoms with Gasteiger partial charge in [-0.15, -0.1) is 0 Å². The van der Waals surface area contributed by atoms with Gasteiger partial charge in [-0.05, 0) is 42.7 Å². The van der Waals surface area contributed by atoms with E-state index < -0.39 is 18.1 Å². The highest BCUT2D eigenvalue weighted by atomic mass is 32.2. The molecule has 130 valence electrons. The summed E-state index contributed by atoms with van der Waals surface area (Å²) in [4.78, 5) is 15.2. The first kappa shape index (κ1) is 18.3. The Morgan fingerprint density at radius 2 is 2.04 bits per heavy atom. The summed E-state index contributed by atoms with van der Waals surface area (Å²) < 4.78 is 41.5. The summed E-state index contributed by atoms with van der Waals surface area (Å²) in [5.74, 6) is -1.14. The molecule has 0 unspecified atom stereocenters. The van der Waals surface area contributed by atoms with E-state index in [0.717, 1.165) is 5.75 Å². The normalized spacial score (nSPS) is 12.9. The molecule has 6 nitrogen and oxygen atoms in total. The van der Waals surface area contributed by atoms with Crippen LogP contribution in [0.15, 0.2) is 28.8 Å². The molecule has 0 aliphatic carbocycles. The van der Waals surface area contributed by atoms with E-state index in [-0.39, 0.29) is 11.7 Å². The van der Waals surface area contributed by atoms with E-state index in [1.807, 2.05) is 6.26 Å². The van der Waals surface area contributed by atoms with Gasteiger partial charge >= 0.3 is 12.1 Å². The van der Waals surface area contributed by atoms with Crippen LogP contribution in [-0.2, 0) is 11.0 Å². The van der Waals surface area contributed by atoms with E-state index in [1.54, 1.807) is 11.8 Å². The van der Waals surface area contributed by atoms with Gasteiger partial charge < -0.3 is 15.6 Å². The Hall–Kier alpha value is -2.07. The Labute approximate surface area is 140 Å². The zero-order valence-electron chi connectivity index (χ0n) is 12.6. The van der Waals surface area contributed by atoms with Crippen LogP contribution in [0, 0.1) is 0 Å². The smallest absolute Gasteiger partial charge is 0.329 e. The maximum absolute atomic E-state index is 12.4. The summed E-state index contributed by atoms with van der Waals surface area (Å²) in [6, 6.07) is 5.39. The third-order valence-electron chi connectivity index (χ3n) is 3.05. The molecule has 2 rings (SSSR count). The summed E-state index contributed by atoms with van der Waals surface area (Å²) in [5.41, 5.74) is 6.56. The lowest BCUT2D eigenvalue weighted by molar-refractivity contribution is -0.159. The number of rotatable bonds is 6. The Kier molecular flexibility index (Phi) is 5.84. The number of thioether (sulfide) groups is 1. The number of carbonyl (C=O) groups is 1. The van der Waals surface area contributed by atoms with Gasteiger partial charge in [-0.1, -0.05) is 5.16 Å². The summed E-state index contributed by atoms with van der Waals surface area (Å²) >= 11 is 1.59. The van der Waals surface area contributed by atoms with Crippen molar-refractivity contribution in [1.29, 1.82) is 0 Å². The summed E-state index contributed by atoms with van der Waals surface area (Å²) in [6.07, 6.45) is -2.22. The SMILES string of the molecule is CSCC[C@H](N)C(=O)Nc1ccc(-c2noc(C(F)(F)F)n2)cc1. The number of nitrogens with two attached hydrogens (primary N) is 1. The van der Waals surface area contributed by atoms with Crippen LogP contribution in [0.2, 0.25) is 0 Å². The molecule has 3 N–H and O–H groups in total. The molecule has 0 spiro atoms. The van der Waals surface area contributed by atoms with Gasteiger partial charge in [-0.2, -0.15) is 29.9 Å². The van der Waals surface area contributed by atoms with Crippen molar-refractivity contribution < 1.29 is 22.5 Å². The Morgan fingerprint density at radius 1 is 1.38 bits per heavy atom. The first-order valence-corrected chi connectivity index (χ1v) is 8.27. The van der Waals surface area contributed by atoms with Crippen molar-refractivity contribution in [3.63, 3.8) is 0 Å². The molecule has 0 saturated heterocycles. The molecule has 1 amide bonds. The molecule has 0 saturated carbocycles. The number of carbonyl (C=O) groups excluding carboxylic acids is 1. The number of nitrogens with one attached hydrogen (secondary N) is 1. The van der Waals surface area contributed by atoms with Crippen molar-refractivity contribution in [3.05, 3.63) is 30.2 Å². The van der Waals surface area contributed by atoms with Crippen LogP contribution in [0.25, 0.3) is 11.4 Å². The van der Waals surface area contributed by atoms with Crippen LogP contribution in [0.4, 0.5) is 18.9 Å². The lowest BCUT2D eigenvalue weighted by Crippen LogP contribution is -2.36. The number of amides is 1. The first-order valence-electron chi connectivity index (χ1n) is 6.88. The molecule has 1 aromatic heterocycles. The number of nitrogens with zero attached hydrogens (tertiary/aromatic N) is 2. The number of benzene rings is 1. The van der Waals surface area contributed by atoms with Crippen LogP contribution in [0.3, 0.4) is 0 Å². The van der Waals surface area contributed by atoms with Gasteiger partial charge in [-0.25, -0.2) is 0 Å². The van der Waals surface area contributed by atoms with Crippen LogP contribution in [0.1, 0.15) is 12.3 Å². The maximum atomic E-state index is 12.4. The lowest BCUT2D eigenvalue weighted by Gasteiger charge is -2.11. The van der Waals surface area contributed by atoms with Crippen molar-refractivity contribution in [2.24, 2.45) is 5.73 Å².